The highest BCUT2D eigenvalue weighted by Crippen LogP contribution is 2.31. The summed E-state index contributed by atoms with van der Waals surface area (Å²) in [4.78, 5) is 11.3. The molecule has 1 fully saturated rings. The van der Waals surface area contributed by atoms with Gasteiger partial charge in [0.05, 0.1) is 0 Å². The Morgan fingerprint density at radius 1 is 1.45 bits per heavy atom. The molecule has 4 nitrogen and oxygen atoms in total. The Hall–Kier alpha value is -1.14. The second kappa shape index (κ2) is 5.69. The summed E-state index contributed by atoms with van der Waals surface area (Å²) in [6.45, 7) is 1.92. The van der Waals surface area contributed by atoms with Gasteiger partial charge in [-0.3, -0.25) is 4.79 Å². The second-order valence-electron chi connectivity index (χ2n) is 5.03. The lowest BCUT2D eigenvalue weighted by atomic mass is 10.1. The van der Waals surface area contributed by atoms with Gasteiger partial charge in [0.1, 0.15) is 10.7 Å². The van der Waals surface area contributed by atoms with E-state index in [4.69, 9.17) is 10.7 Å². The van der Waals surface area contributed by atoms with Crippen molar-refractivity contribution in [1.29, 1.82) is 0 Å². The Morgan fingerprint density at radius 3 is 2.65 bits per heavy atom. The smallest absolute Gasteiger partial charge is 0.264 e. The van der Waals surface area contributed by atoms with E-state index in [2.05, 4.69) is 5.32 Å². The summed E-state index contributed by atoms with van der Waals surface area (Å²) in [7, 11) is 0.948. The van der Waals surface area contributed by atoms with Crippen LogP contribution >= 0.6 is 10.7 Å². The number of carbonyl (C=O) groups excluding carboxylic acids is 1. The topological polar surface area (TPSA) is 63.2 Å². The van der Waals surface area contributed by atoms with Crippen LogP contribution in [-0.4, -0.2) is 20.9 Å². The molecule has 0 unspecified atom stereocenters. The second-order valence-corrected chi connectivity index (χ2v) is 7.57. The zero-order chi connectivity index (χ0) is 14.9. The first kappa shape index (κ1) is 15.3. The number of hydrogen-bond acceptors (Lipinski definition) is 3. The Balaban J connectivity index is 2.18. The van der Waals surface area contributed by atoms with Crippen LogP contribution in [0, 0.1) is 18.7 Å². The van der Waals surface area contributed by atoms with Crippen molar-refractivity contribution in [2.24, 2.45) is 5.92 Å². The van der Waals surface area contributed by atoms with Gasteiger partial charge in [-0.25, -0.2) is 12.8 Å². The van der Waals surface area contributed by atoms with E-state index in [-0.39, 0.29) is 11.1 Å². The first-order chi connectivity index (χ1) is 9.29. The quantitative estimate of drug-likeness (QED) is 0.848. The van der Waals surface area contributed by atoms with Crippen LogP contribution in [0.15, 0.2) is 17.0 Å². The third kappa shape index (κ3) is 3.70. The van der Waals surface area contributed by atoms with Crippen LogP contribution in [0.4, 0.5) is 4.39 Å². The zero-order valence-electron chi connectivity index (χ0n) is 10.9. The molecule has 110 valence electrons. The highest BCUT2D eigenvalue weighted by Gasteiger charge is 2.23. The molecule has 0 radical (unpaired) electrons. The summed E-state index contributed by atoms with van der Waals surface area (Å²) in [6, 6.07) is 2.28. The monoisotopic (exact) mass is 319 g/mol. The molecular formula is C13H15ClFNO3S. The van der Waals surface area contributed by atoms with Crippen LogP contribution in [0.3, 0.4) is 0 Å². The van der Waals surface area contributed by atoms with Crippen molar-refractivity contribution >= 4 is 25.6 Å². The number of hydrogen-bond donors (Lipinski definition) is 1. The van der Waals surface area contributed by atoms with E-state index in [0.717, 1.165) is 12.5 Å². The van der Waals surface area contributed by atoms with Crippen molar-refractivity contribution in [2.75, 3.05) is 6.54 Å². The minimum absolute atomic E-state index is 0.0686. The minimum Gasteiger partial charge on any atom is -0.352 e. The molecule has 20 heavy (non-hydrogen) atoms. The van der Waals surface area contributed by atoms with E-state index in [1.807, 2.05) is 0 Å². The van der Waals surface area contributed by atoms with Gasteiger partial charge in [-0.15, -0.1) is 0 Å². The van der Waals surface area contributed by atoms with E-state index >= 15 is 0 Å². The number of carbonyl (C=O) groups is 1. The molecule has 1 aromatic carbocycles. The van der Waals surface area contributed by atoms with Crippen LogP contribution in [0.2, 0.25) is 0 Å². The predicted octanol–water partition coefficient (Wildman–Crippen LogP) is 2.59. The molecule has 1 aliphatic rings. The molecule has 0 bridgehead atoms. The summed E-state index contributed by atoms with van der Waals surface area (Å²) >= 11 is 0. The number of benzene rings is 1. The first-order valence-electron chi connectivity index (χ1n) is 6.32. The lowest BCUT2D eigenvalue weighted by Crippen LogP contribution is -2.25. The summed E-state index contributed by atoms with van der Waals surface area (Å²) < 4.78 is 36.3. The summed E-state index contributed by atoms with van der Waals surface area (Å²) in [5.41, 5.74) is 0.165. The average molecular weight is 320 g/mol. The Labute approximate surface area is 121 Å². The van der Waals surface area contributed by atoms with E-state index in [1.165, 1.54) is 25.8 Å². The standard InChI is InChI=1S/C13H15ClFNO3S/c1-8-6-10(7-11(12(8)15)20(14,18)19)13(17)16-5-4-9-2-3-9/h6-7,9H,2-5H2,1H3,(H,16,17). The van der Waals surface area contributed by atoms with Crippen LogP contribution in [-0.2, 0) is 9.05 Å². The van der Waals surface area contributed by atoms with Gasteiger partial charge < -0.3 is 5.32 Å². The molecule has 0 aliphatic heterocycles. The highest BCUT2D eigenvalue weighted by atomic mass is 35.7. The van der Waals surface area contributed by atoms with Gasteiger partial charge in [0.15, 0.2) is 0 Å². The van der Waals surface area contributed by atoms with Gasteiger partial charge in [-0.05, 0) is 37.0 Å². The Morgan fingerprint density at radius 2 is 2.10 bits per heavy atom. The molecule has 0 heterocycles. The van der Waals surface area contributed by atoms with Crippen molar-refractivity contribution < 1.29 is 17.6 Å². The lowest BCUT2D eigenvalue weighted by molar-refractivity contribution is 0.0952. The Kier molecular flexibility index (Phi) is 4.34. The minimum atomic E-state index is -4.22. The van der Waals surface area contributed by atoms with E-state index in [1.54, 1.807) is 0 Å². The fourth-order valence-electron chi connectivity index (χ4n) is 1.94. The number of halogens is 2. The Bertz CT molecular complexity index is 641. The number of amides is 1. The molecule has 1 aliphatic carbocycles. The summed E-state index contributed by atoms with van der Waals surface area (Å²) in [5, 5.41) is 2.70. The maximum atomic E-state index is 13.7. The van der Waals surface area contributed by atoms with Crippen LogP contribution in [0.1, 0.15) is 35.2 Å². The normalized spacial score (nSPS) is 15.2. The van der Waals surface area contributed by atoms with E-state index in [9.17, 15) is 17.6 Å². The van der Waals surface area contributed by atoms with E-state index in [0.29, 0.717) is 12.5 Å². The molecular weight excluding hydrogens is 305 g/mol. The molecule has 7 heteroatoms. The molecule has 1 saturated carbocycles. The predicted molar refractivity (Wildman–Crippen MR) is 73.9 cm³/mol. The first-order valence-corrected chi connectivity index (χ1v) is 8.63. The molecule has 2 rings (SSSR count). The van der Waals surface area contributed by atoms with Gasteiger partial charge in [-0.1, -0.05) is 12.8 Å². The van der Waals surface area contributed by atoms with E-state index < -0.39 is 25.7 Å². The molecule has 0 aromatic heterocycles. The van der Waals surface area contributed by atoms with Gasteiger partial charge in [0, 0.05) is 22.8 Å². The van der Waals surface area contributed by atoms with Crippen molar-refractivity contribution in [1.82, 2.24) is 5.32 Å². The number of rotatable bonds is 5. The van der Waals surface area contributed by atoms with Crippen molar-refractivity contribution in [3.8, 4) is 0 Å². The van der Waals surface area contributed by atoms with Crippen molar-refractivity contribution in [3.63, 3.8) is 0 Å². The average Bonchev–Trinajstić information content (AvgIpc) is 3.14. The fraction of sp³-hybridized carbons (Fsp3) is 0.462. The molecule has 0 saturated heterocycles. The largest absolute Gasteiger partial charge is 0.352 e. The maximum absolute atomic E-state index is 13.7. The highest BCUT2D eigenvalue weighted by molar-refractivity contribution is 8.13. The SMILES string of the molecule is Cc1cc(C(=O)NCCC2CC2)cc(S(=O)(=O)Cl)c1F. The molecule has 1 amide bonds. The molecule has 1 N–H and O–H groups in total. The van der Waals surface area contributed by atoms with Crippen molar-refractivity contribution in [3.05, 3.63) is 29.1 Å². The van der Waals surface area contributed by atoms with Crippen LogP contribution in [0.25, 0.3) is 0 Å². The van der Waals surface area contributed by atoms with Gasteiger partial charge in [0.2, 0.25) is 0 Å². The molecule has 0 spiro atoms. The summed E-state index contributed by atoms with van der Waals surface area (Å²) in [6.07, 6.45) is 3.30. The van der Waals surface area contributed by atoms with Crippen molar-refractivity contribution in [2.45, 2.75) is 31.1 Å². The fourth-order valence-corrected chi connectivity index (χ4v) is 2.92. The zero-order valence-corrected chi connectivity index (χ0v) is 12.5. The third-order valence-corrected chi connectivity index (χ3v) is 4.60. The van der Waals surface area contributed by atoms with Gasteiger partial charge >= 0.3 is 0 Å². The maximum Gasteiger partial charge on any atom is 0.264 e. The molecule has 1 aromatic rings. The third-order valence-electron chi connectivity index (χ3n) is 3.28. The van der Waals surface area contributed by atoms with Crippen LogP contribution < -0.4 is 5.32 Å². The number of aryl methyl sites for hydroxylation is 1. The number of nitrogens with one attached hydrogen (secondary N) is 1. The molecule has 0 atom stereocenters. The van der Waals surface area contributed by atoms with Crippen LogP contribution in [0.5, 0.6) is 0 Å². The summed E-state index contributed by atoms with van der Waals surface area (Å²) in [5.74, 6) is -0.658. The van der Waals surface area contributed by atoms with Gasteiger partial charge in [0.25, 0.3) is 15.0 Å². The van der Waals surface area contributed by atoms with Gasteiger partial charge in [-0.2, -0.15) is 0 Å². The lowest BCUT2D eigenvalue weighted by Gasteiger charge is -2.08.